The average Bonchev–Trinajstić information content (AvgIpc) is 3.09. The normalized spacial score (nSPS) is 15.0. The van der Waals surface area contributed by atoms with Crippen molar-refractivity contribution in [1.29, 1.82) is 0 Å². The SMILES string of the molecule is Nc1ccc(C(=O)N2CCN(CCCN3C(=O)c4ccccc4C3=O)c3ccccc32)cc1. The highest BCUT2D eigenvalue weighted by Gasteiger charge is 2.35. The summed E-state index contributed by atoms with van der Waals surface area (Å²) in [6.07, 6.45) is 0.645. The van der Waals surface area contributed by atoms with E-state index in [-0.39, 0.29) is 17.7 Å². The van der Waals surface area contributed by atoms with Gasteiger partial charge in [-0.1, -0.05) is 24.3 Å². The third kappa shape index (κ3) is 3.71. The second-order valence-electron chi connectivity index (χ2n) is 8.22. The molecular weight excluding hydrogens is 416 g/mol. The number of imide groups is 1. The molecule has 0 radical (unpaired) electrons. The Morgan fingerprint density at radius 3 is 2.03 bits per heavy atom. The van der Waals surface area contributed by atoms with Crippen LogP contribution in [0.1, 0.15) is 37.5 Å². The number of benzene rings is 3. The first-order chi connectivity index (χ1) is 16.0. The fraction of sp³-hybridized carbons (Fsp3) is 0.192. The quantitative estimate of drug-likeness (QED) is 0.485. The Morgan fingerprint density at radius 2 is 1.36 bits per heavy atom. The summed E-state index contributed by atoms with van der Waals surface area (Å²) in [6, 6.07) is 21.7. The molecule has 33 heavy (non-hydrogen) atoms. The molecule has 7 nitrogen and oxygen atoms in total. The van der Waals surface area contributed by atoms with Gasteiger partial charge in [0.1, 0.15) is 0 Å². The Labute approximate surface area is 192 Å². The molecule has 5 rings (SSSR count). The van der Waals surface area contributed by atoms with Crippen molar-refractivity contribution in [2.24, 2.45) is 0 Å². The number of hydrogen-bond acceptors (Lipinski definition) is 5. The van der Waals surface area contributed by atoms with E-state index in [4.69, 9.17) is 5.73 Å². The third-order valence-electron chi connectivity index (χ3n) is 6.20. The molecule has 3 amide bonds. The van der Waals surface area contributed by atoms with Crippen molar-refractivity contribution in [2.45, 2.75) is 6.42 Å². The molecule has 0 bridgehead atoms. The number of nitrogens with two attached hydrogens (primary N) is 1. The van der Waals surface area contributed by atoms with E-state index in [0.29, 0.717) is 55.0 Å². The van der Waals surface area contributed by atoms with E-state index < -0.39 is 0 Å². The van der Waals surface area contributed by atoms with Gasteiger partial charge >= 0.3 is 0 Å². The van der Waals surface area contributed by atoms with Gasteiger partial charge in [-0.15, -0.1) is 0 Å². The lowest BCUT2D eigenvalue weighted by Crippen LogP contribution is -2.45. The lowest BCUT2D eigenvalue weighted by molar-refractivity contribution is 0.0652. The van der Waals surface area contributed by atoms with Gasteiger partial charge in [0.2, 0.25) is 0 Å². The van der Waals surface area contributed by atoms with Gasteiger partial charge in [0.25, 0.3) is 17.7 Å². The highest BCUT2D eigenvalue weighted by Crippen LogP contribution is 2.34. The summed E-state index contributed by atoms with van der Waals surface area (Å²) in [6.45, 7) is 2.25. The van der Waals surface area contributed by atoms with Gasteiger partial charge in [-0.25, -0.2) is 0 Å². The minimum Gasteiger partial charge on any atom is -0.399 e. The van der Waals surface area contributed by atoms with Crippen LogP contribution in [-0.4, -0.2) is 48.8 Å². The smallest absolute Gasteiger partial charge is 0.261 e. The molecule has 0 spiro atoms. The molecular formula is C26H24N4O3. The van der Waals surface area contributed by atoms with Crippen LogP contribution in [-0.2, 0) is 0 Å². The van der Waals surface area contributed by atoms with E-state index in [9.17, 15) is 14.4 Å². The van der Waals surface area contributed by atoms with Gasteiger partial charge in [0.05, 0.1) is 22.5 Å². The Bertz CT molecular complexity index is 1200. The summed E-state index contributed by atoms with van der Waals surface area (Å²) in [7, 11) is 0. The Morgan fingerprint density at radius 1 is 0.758 bits per heavy atom. The fourth-order valence-electron chi connectivity index (χ4n) is 4.51. The molecule has 7 heteroatoms. The molecule has 0 unspecified atom stereocenters. The first-order valence-corrected chi connectivity index (χ1v) is 11.0. The van der Waals surface area contributed by atoms with Crippen LogP contribution in [0.15, 0.2) is 72.8 Å². The summed E-state index contributed by atoms with van der Waals surface area (Å²) < 4.78 is 0. The van der Waals surface area contributed by atoms with Gasteiger partial charge in [0, 0.05) is 37.4 Å². The van der Waals surface area contributed by atoms with Gasteiger partial charge < -0.3 is 15.5 Å². The number of nitrogens with zero attached hydrogens (tertiary/aromatic N) is 3. The Kier molecular flexibility index (Phi) is 5.30. The second-order valence-corrected chi connectivity index (χ2v) is 8.22. The average molecular weight is 441 g/mol. The minimum atomic E-state index is -0.227. The lowest BCUT2D eigenvalue weighted by Gasteiger charge is -2.38. The molecule has 0 aliphatic carbocycles. The molecule has 2 aliphatic heterocycles. The Hall–Kier alpha value is -4.13. The van der Waals surface area contributed by atoms with E-state index in [2.05, 4.69) is 4.90 Å². The van der Waals surface area contributed by atoms with Crippen LogP contribution in [0.2, 0.25) is 0 Å². The van der Waals surface area contributed by atoms with Gasteiger partial charge in [0.15, 0.2) is 0 Å². The number of hydrogen-bond donors (Lipinski definition) is 1. The maximum Gasteiger partial charge on any atom is 0.261 e. The molecule has 2 heterocycles. The Balaban J connectivity index is 1.28. The predicted molar refractivity (Wildman–Crippen MR) is 128 cm³/mol. The maximum atomic E-state index is 13.1. The first kappa shape index (κ1) is 20.8. The topological polar surface area (TPSA) is 87.0 Å². The summed E-state index contributed by atoms with van der Waals surface area (Å²) in [4.78, 5) is 43.7. The van der Waals surface area contributed by atoms with Crippen LogP contribution in [0.4, 0.5) is 17.1 Å². The zero-order valence-electron chi connectivity index (χ0n) is 18.1. The van der Waals surface area contributed by atoms with E-state index in [1.54, 1.807) is 53.4 Å². The van der Waals surface area contributed by atoms with Crippen molar-refractivity contribution in [1.82, 2.24) is 4.90 Å². The fourth-order valence-corrected chi connectivity index (χ4v) is 4.51. The molecule has 0 fully saturated rings. The largest absolute Gasteiger partial charge is 0.399 e. The number of anilines is 3. The molecule has 3 aromatic carbocycles. The van der Waals surface area contributed by atoms with Crippen molar-refractivity contribution in [2.75, 3.05) is 41.7 Å². The van der Waals surface area contributed by atoms with Crippen molar-refractivity contribution in [3.05, 3.63) is 89.5 Å². The van der Waals surface area contributed by atoms with Crippen LogP contribution < -0.4 is 15.5 Å². The van der Waals surface area contributed by atoms with Gasteiger partial charge in [-0.05, 0) is 55.0 Å². The van der Waals surface area contributed by atoms with Crippen molar-refractivity contribution >= 4 is 34.8 Å². The number of para-hydroxylation sites is 2. The lowest BCUT2D eigenvalue weighted by atomic mass is 10.1. The van der Waals surface area contributed by atoms with Crippen LogP contribution in [0.25, 0.3) is 0 Å². The van der Waals surface area contributed by atoms with Crippen molar-refractivity contribution < 1.29 is 14.4 Å². The maximum absolute atomic E-state index is 13.1. The number of nitrogen functional groups attached to an aromatic ring is 1. The summed E-state index contributed by atoms with van der Waals surface area (Å²) >= 11 is 0. The molecule has 2 aliphatic rings. The van der Waals surface area contributed by atoms with Crippen LogP contribution in [0.5, 0.6) is 0 Å². The highest BCUT2D eigenvalue weighted by atomic mass is 16.2. The highest BCUT2D eigenvalue weighted by molar-refractivity contribution is 6.21. The van der Waals surface area contributed by atoms with E-state index >= 15 is 0 Å². The summed E-state index contributed by atoms with van der Waals surface area (Å²) in [5.41, 5.74) is 9.74. The summed E-state index contributed by atoms with van der Waals surface area (Å²) in [5.74, 6) is -0.516. The van der Waals surface area contributed by atoms with Crippen LogP contribution in [0, 0.1) is 0 Å². The van der Waals surface area contributed by atoms with E-state index in [1.165, 1.54) is 4.90 Å². The first-order valence-electron chi connectivity index (χ1n) is 11.0. The molecule has 0 atom stereocenters. The van der Waals surface area contributed by atoms with E-state index in [1.807, 2.05) is 24.3 Å². The number of carbonyl (C=O) groups is 3. The number of amides is 3. The van der Waals surface area contributed by atoms with Crippen LogP contribution >= 0.6 is 0 Å². The molecule has 0 saturated carbocycles. The molecule has 0 aromatic heterocycles. The van der Waals surface area contributed by atoms with Crippen molar-refractivity contribution in [3.63, 3.8) is 0 Å². The van der Waals surface area contributed by atoms with E-state index in [0.717, 1.165) is 11.4 Å². The zero-order valence-corrected chi connectivity index (χ0v) is 18.1. The van der Waals surface area contributed by atoms with Crippen LogP contribution in [0.3, 0.4) is 0 Å². The summed E-state index contributed by atoms with van der Waals surface area (Å²) in [5, 5.41) is 0. The number of carbonyl (C=O) groups excluding carboxylic acids is 3. The molecule has 0 saturated heterocycles. The number of fused-ring (bicyclic) bond motifs is 2. The molecule has 3 aromatic rings. The zero-order chi connectivity index (χ0) is 22.9. The third-order valence-corrected chi connectivity index (χ3v) is 6.20. The molecule has 166 valence electrons. The van der Waals surface area contributed by atoms with Gasteiger partial charge in [-0.2, -0.15) is 0 Å². The number of rotatable bonds is 5. The predicted octanol–water partition coefficient (Wildman–Crippen LogP) is 3.42. The van der Waals surface area contributed by atoms with Gasteiger partial charge in [-0.3, -0.25) is 19.3 Å². The second kappa shape index (κ2) is 8.43. The standard InChI is InChI=1S/C26H24N4O3/c27-19-12-10-18(11-13-19)24(31)29-17-16-28(22-8-3-4-9-23(22)29)14-5-15-30-25(32)20-6-1-2-7-21(20)26(30)33/h1-4,6-13H,5,14-17,27H2. The van der Waals surface area contributed by atoms with Crippen molar-refractivity contribution in [3.8, 4) is 0 Å². The minimum absolute atomic E-state index is 0.0619. The molecule has 2 N–H and O–H groups in total. The monoisotopic (exact) mass is 440 g/mol.